The SMILES string of the molecule is CCC(C)CC1(S(=O)(=O)Cl)CC1. The Morgan fingerprint density at radius 1 is 1.50 bits per heavy atom. The standard InChI is InChI=1S/C8H15ClO2S/c1-3-7(2)6-8(4-5-8)12(9,10)11/h7H,3-6H2,1-2H3. The highest BCUT2D eigenvalue weighted by Gasteiger charge is 2.53. The van der Waals surface area contributed by atoms with Gasteiger partial charge in [-0.25, -0.2) is 8.42 Å². The summed E-state index contributed by atoms with van der Waals surface area (Å²) in [6.45, 7) is 4.14. The van der Waals surface area contributed by atoms with Crippen LogP contribution in [0.25, 0.3) is 0 Å². The number of halogens is 1. The fourth-order valence-corrected chi connectivity index (χ4v) is 3.19. The number of hydrogen-bond acceptors (Lipinski definition) is 2. The van der Waals surface area contributed by atoms with Gasteiger partial charge in [-0.2, -0.15) is 0 Å². The summed E-state index contributed by atoms with van der Waals surface area (Å²) in [7, 11) is 2.04. The molecule has 1 saturated carbocycles. The summed E-state index contributed by atoms with van der Waals surface area (Å²) in [5, 5.41) is 0. The first kappa shape index (κ1) is 10.3. The first-order valence-corrected chi connectivity index (χ1v) is 6.66. The molecule has 1 unspecified atom stereocenters. The lowest BCUT2D eigenvalue weighted by atomic mass is 10.0. The van der Waals surface area contributed by atoms with Crippen molar-refractivity contribution in [2.24, 2.45) is 5.92 Å². The first-order valence-electron chi connectivity index (χ1n) is 4.35. The van der Waals surface area contributed by atoms with E-state index in [1.807, 2.05) is 0 Å². The second-order valence-corrected chi connectivity index (χ2v) is 6.80. The second kappa shape index (κ2) is 3.18. The molecule has 0 spiro atoms. The molecule has 0 aromatic carbocycles. The lowest BCUT2D eigenvalue weighted by Gasteiger charge is -2.15. The molecule has 0 aromatic heterocycles. The van der Waals surface area contributed by atoms with Crippen molar-refractivity contribution in [2.45, 2.75) is 44.3 Å². The van der Waals surface area contributed by atoms with Crippen LogP contribution in [0, 0.1) is 5.92 Å². The molecule has 0 aromatic rings. The zero-order valence-electron chi connectivity index (χ0n) is 7.51. The van der Waals surface area contributed by atoms with Crippen LogP contribution in [0.4, 0.5) is 0 Å². The second-order valence-electron chi connectivity index (χ2n) is 3.84. The molecule has 1 aliphatic carbocycles. The lowest BCUT2D eigenvalue weighted by molar-refractivity contribution is 0.482. The molecule has 12 heavy (non-hydrogen) atoms. The predicted octanol–water partition coefficient (Wildman–Crippen LogP) is 2.52. The Labute approximate surface area is 78.7 Å². The highest BCUT2D eigenvalue weighted by atomic mass is 35.7. The molecule has 0 bridgehead atoms. The van der Waals surface area contributed by atoms with Crippen molar-refractivity contribution in [2.75, 3.05) is 0 Å². The van der Waals surface area contributed by atoms with Gasteiger partial charge in [0.2, 0.25) is 9.05 Å². The third-order valence-corrected chi connectivity index (χ3v) is 5.33. The quantitative estimate of drug-likeness (QED) is 0.669. The normalized spacial score (nSPS) is 23.6. The minimum absolute atomic E-state index is 0.459. The van der Waals surface area contributed by atoms with Gasteiger partial charge in [0.05, 0.1) is 4.75 Å². The molecule has 2 nitrogen and oxygen atoms in total. The van der Waals surface area contributed by atoms with Gasteiger partial charge in [-0.1, -0.05) is 20.3 Å². The molecule has 0 amide bonds. The van der Waals surface area contributed by atoms with E-state index >= 15 is 0 Å². The molecule has 0 radical (unpaired) electrons. The van der Waals surface area contributed by atoms with Gasteiger partial charge in [-0.15, -0.1) is 0 Å². The summed E-state index contributed by atoms with van der Waals surface area (Å²) < 4.78 is 21.7. The van der Waals surface area contributed by atoms with Crippen LogP contribution in [0.5, 0.6) is 0 Å². The molecule has 0 heterocycles. The van der Waals surface area contributed by atoms with Crippen LogP contribution < -0.4 is 0 Å². The predicted molar refractivity (Wildman–Crippen MR) is 50.8 cm³/mol. The van der Waals surface area contributed by atoms with Crippen LogP contribution in [0.2, 0.25) is 0 Å². The molecule has 4 heteroatoms. The van der Waals surface area contributed by atoms with E-state index in [-0.39, 0.29) is 0 Å². The maximum atomic E-state index is 11.1. The van der Waals surface area contributed by atoms with E-state index in [0.29, 0.717) is 5.92 Å². The Kier molecular flexibility index (Phi) is 2.74. The molecule has 1 rings (SSSR count). The van der Waals surface area contributed by atoms with Crippen LogP contribution in [0.15, 0.2) is 0 Å². The van der Waals surface area contributed by atoms with Crippen molar-refractivity contribution in [1.29, 1.82) is 0 Å². The van der Waals surface area contributed by atoms with Crippen LogP contribution in [-0.2, 0) is 9.05 Å². The third kappa shape index (κ3) is 1.94. The van der Waals surface area contributed by atoms with Crippen molar-refractivity contribution in [1.82, 2.24) is 0 Å². The van der Waals surface area contributed by atoms with Crippen LogP contribution in [-0.4, -0.2) is 13.2 Å². The van der Waals surface area contributed by atoms with Crippen LogP contribution >= 0.6 is 10.7 Å². The Hall–Kier alpha value is 0.240. The number of rotatable bonds is 4. The molecule has 0 aliphatic heterocycles. The van der Waals surface area contributed by atoms with Gasteiger partial charge in [0.15, 0.2) is 0 Å². The molecule has 1 fully saturated rings. The van der Waals surface area contributed by atoms with Crippen molar-refractivity contribution in [3.63, 3.8) is 0 Å². The summed E-state index contributed by atoms with van der Waals surface area (Å²) in [6.07, 6.45) is 3.26. The van der Waals surface area contributed by atoms with Crippen molar-refractivity contribution in [3.8, 4) is 0 Å². The smallest absolute Gasteiger partial charge is 0.212 e. The monoisotopic (exact) mass is 210 g/mol. The molecule has 0 saturated heterocycles. The van der Waals surface area contributed by atoms with E-state index < -0.39 is 13.8 Å². The number of hydrogen-bond donors (Lipinski definition) is 0. The molecule has 1 aliphatic rings. The Balaban J connectivity index is 2.63. The lowest BCUT2D eigenvalue weighted by Crippen LogP contribution is -2.20. The van der Waals surface area contributed by atoms with Gasteiger partial charge in [-0.05, 0) is 25.2 Å². The van der Waals surface area contributed by atoms with Gasteiger partial charge in [0, 0.05) is 10.7 Å². The van der Waals surface area contributed by atoms with Crippen LogP contribution in [0.1, 0.15) is 39.5 Å². The van der Waals surface area contributed by atoms with Gasteiger partial charge in [-0.3, -0.25) is 0 Å². The Morgan fingerprint density at radius 2 is 2.00 bits per heavy atom. The van der Waals surface area contributed by atoms with E-state index in [4.69, 9.17) is 10.7 Å². The first-order chi connectivity index (χ1) is 5.41. The minimum Gasteiger partial charge on any atom is -0.212 e. The topological polar surface area (TPSA) is 34.1 Å². The maximum Gasteiger partial charge on any atom is 0.238 e. The summed E-state index contributed by atoms with van der Waals surface area (Å²) in [5.41, 5.74) is 0. The molecular formula is C8H15ClO2S. The van der Waals surface area contributed by atoms with Gasteiger partial charge in [0.25, 0.3) is 0 Å². The molecule has 1 atom stereocenters. The van der Waals surface area contributed by atoms with Crippen molar-refractivity contribution in [3.05, 3.63) is 0 Å². The third-order valence-electron chi connectivity index (χ3n) is 2.74. The summed E-state index contributed by atoms with van der Waals surface area (Å²) >= 11 is 0. The average molecular weight is 211 g/mol. The Bertz CT molecular complexity index is 254. The highest BCUT2D eigenvalue weighted by molar-refractivity contribution is 8.15. The van der Waals surface area contributed by atoms with E-state index in [1.54, 1.807) is 0 Å². The van der Waals surface area contributed by atoms with Crippen LogP contribution in [0.3, 0.4) is 0 Å². The van der Waals surface area contributed by atoms with E-state index in [0.717, 1.165) is 25.7 Å². The van der Waals surface area contributed by atoms with Crippen molar-refractivity contribution < 1.29 is 8.42 Å². The fourth-order valence-electron chi connectivity index (χ4n) is 1.47. The maximum absolute atomic E-state index is 11.1. The van der Waals surface area contributed by atoms with E-state index in [2.05, 4.69) is 13.8 Å². The van der Waals surface area contributed by atoms with E-state index in [9.17, 15) is 8.42 Å². The molecule has 0 N–H and O–H groups in total. The summed E-state index contributed by atoms with van der Waals surface area (Å²) in [5.74, 6) is 0.459. The highest BCUT2D eigenvalue weighted by Crippen LogP contribution is 2.50. The van der Waals surface area contributed by atoms with Gasteiger partial charge < -0.3 is 0 Å². The zero-order chi connectivity index (χ0) is 9.41. The van der Waals surface area contributed by atoms with Crippen molar-refractivity contribution >= 4 is 19.7 Å². The minimum atomic E-state index is -3.32. The van der Waals surface area contributed by atoms with E-state index in [1.165, 1.54) is 0 Å². The fraction of sp³-hybridized carbons (Fsp3) is 1.00. The van der Waals surface area contributed by atoms with Gasteiger partial charge in [0.1, 0.15) is 0 Å². The molecular weight excluding hydrogens is 196 g/mol. The van der Waals surface area contributed by atoms with Gasteiger partial charge >= 0.3 is 0 Å². The Morgan fingerprint density at radius 3 is 2.25 bits per heavy atom. The average Bonchev–Trinajstić information content (AvgIpc) is 2.67. The summed E-state index contributed by atoms with van der Waals surface area (Å²) in [6, 6.07) is 0. The zero-order valence-corrected chi connectivity index (χ0v) is 9.08. The molecule has 72 valence electrons. The largest absolute Gasteiger partial charge is 0.238 e. The summed E-state index contributed by atoms with van der Waals surface area (Å²) in [4.78, 5) is 0.